The Hall–Kier alpha value is -2.80. The van der Waals surface area contributed by atoms with Gasteiger partial charge in [0.2, 0.25) is 5.91 Å². The lowest BCUT2D eigenvalue weighted by molar-refractivity contribution is -0.183. The Morgan fingerprint density at radius 3 is 2.41 bits per heavy atom. The molecule has 34 heavy (non-hydrogen) atoms. The minimum atomic E-state index is -0.491. The maximum absolute atomic E-state index is 13.6. The first-order valence-corrected chi connectivity index (χ1v) is 12.6. The first kappa shape index (κ1) is 23.0. The predicted molar refractivity (Wildman–Crippen MR) is 129 cm³/mol. The third kappa shape index (κ3) is 4.58. The quantitative estimate of drug-likeness (QED) is 0.651. The number of aromatic nitrogens is 2. The zero-order valence-corrected chi connectivity index (χ0v) is 19.7. The van der Waals surface area contributed by atoms with Gasteiger partial charge in [-0.1, -0.05) is 49.6 Å². The number of esters is 1. The molecule has 0 radical (unpaired) electrons. The third-order valence-corrected chi connectivity index (χ3v) is 8.31. The summed E-state index contributed by atoms with van der Waals surface area (Å²) in [4.78, 5) is 36.3. The van der Waals surface area contributed by atoms with Crippen molar-refractivity contribution in [1.29, 1.82) is 0 Å². The van der Waals surface area contributed by atoms with Gasteiger partial charge < -0.3 is 10.1 Å². The number of nitrogens with one attached hydrogen (secondary N) is 1. The number of carbonyl (C=O) groups excluding carboxylic acids is 2. The highest BCUT2D eigenvalue weighted by Crippen LogP contribution is 2.52. The van der Waals surface area contributed by atoms with Gasteiger partial charge in [0.1, 0.15) is 6.10 Å². The number of carbonyl (C=O) groups is 2. The van der Waals surface area contributed by atoms with Gasteiger partial charge in [-0.25, -0.2) is 4.98 Å². The Labute approximate surface area is 201 Å². The minimum absolute atomic E-state index is 0.00177. The van der Waals surface area contributed by atoms with Crippen LogP contribution in [-0.4, -0.2) is 52.5 Å². The molecule has 2 saturated carbocycles. The molecule has 1 amide bonds. The van der Waals surface area contributed by atoms with E-state index in [-0.39, 0.29) is 23.4 Å². The summed E-state index contributed by atoms with van der Waals surface area (Å²) in [5, 5.41) is 2.81. The molecule has 1 N–H and O–H groups in total. The fourth-order valence-electron chi connectivity index (χ4n) is 6.10. The lowest BCUT2D eigenvalue weighted by Gasteiger charge is -2.53. The van der Waals surface area contributed by atoms with E-state index in [9.17, 15) is 9.59 Å². The molecule has 1 saturated heterocycles. The number of piperidine rings is 1. The number of benzene rings is 1. The van der Waals surface area contributed by atoms with Crippen LogP contribution >= 0.6 is 0 Å². The van der Waals surface area contributed by atoms with Gasteiger partial charge >= 0.3 is 5.97 Å². The predicted octanol–water partition coefficient (Wildman–Crippen LogP) is 4.11. The molecular weight excluding hydrogens is 428 g/mol. The van der Waals surface area contributed by atoms with E-state index in [1.54, 1.807) is 18.6 Å². The normalized spacial score (nSPS) is 23.6. The molecule has 1 spiro atoms. The summed E-state index contributed by atoms with van der Waals surface area (Å²) in [6, 6.07) is 10.2. The molecule has 0 bridgehead atoms. The molecule has 3 fully saturated rings. The van der Waals surface area contributed by atoms with Crippen LogP contribution in [0.15, 0.2) is 48.9 Å². The number of rotatable bonds is 6. The zero-order valence-electron chi connectivity index (χ0n) is 19.7. The van der Waals surface area contributed by atoms with Crippen LogP contribution in [0.1, 0.15) is 63.4 Å². The summed E-state index contributed by atoms with van der Waals surface area (Å²) in [6.07, 6.45) is 13.8. The van der Waals surface area contributed by atoms with Crippen LogP contribution in [0.4, 0.5) is 5.82 Å². The second-order valence-electron chi connectivity index (χ2n) is 10.2. The SMILES string of the molecule is O=C(CN1CCC2(CCC2OC(=O)C2(c3ccccc3)CCCCC2)CC1)Nc1cnccn1. The van der Waals surface area contributed by atoms with Crippen molar-refractivity contribution in [2.75, 3.05) is 25.0 Å². The van der Waals surface area contributed by atoms with Crippen molar-refractivity contribution < 1.29 is 14.3 Å². The molecule has 1 aliphatic heterocycles. The molecule has 1 atom stereocenters. The summed E-state index contributed by atoms with van der Waals surface area (Å²) in [5.41, 5.74) is 0.687. The Kier molecular flexibility index (Phi) is 6.63. The molecule has 2 aliphatic carbocycles. The number of ether oxygens (including phenoxy) is 1. The van der Waals surface area contributed by atoms with Gasteiger partial charge in [-0.05, 0) is 57.2 Å². The highest BCUT2D eigenvalue weighted by atomic mass is 16.5. The summed E-state index contributed by atoms with van der Waals surface area (Å²) < 4.78 is 6.32. The first-order chi connectivity index (χ1) is 16.6. The molecule has 1 aromatic heterocycles. The van der Waals surface area contributed by atoms with E-state index in [0.717, 1.165) is 70.0 Å². The van der Waals surface area contributed by atoms with Crippen molar-refractivity contribution in [3.05, 3.63) is 54.5 Å². The number of anilines is 1. The van der Waals surface area contributed by atoms with Gasteiger partial charge in [0, 0.05) is 17.8 Å². The van der Waals surface area contributed by atoms with E-state index in [2.05, 4.69) is 32.3 Å². The number of likely N-dealkylation sites (tertiary alicyclic amines) is 1. The number of hydrogen-bond donors (Lipinski definition) is 1. The summed E-state index contributed by atoms with van der Waals surface area (Å²) in [5.74, 6) is 0.380. The minimum Gasteiger partial charge on any atom is -0.461 e. The van der Waals surface area contributed by atoms with Crippen LogP contribution in [-0.2, 0) is 19.7 Å². The van der Waals surface area contributed by atoms with Crippen molar-refractivity contribution >= 4 is 17.7 Å². The maximum Gasteiger partial charge on any atom is 0.316 e. The molecule has 3 aliphatic rings. The Morgan fingerprint density at radius 2 is 1.76 bits per heavy atom. The molecular formula is C27H34N4O3. The number of hydrogen-bond acceptors (Lipinski definition) is 6. The molecule has 2 heterocycles. The van der Waals surface area contributed by atoms with Crippen LogP contribution < -0.4 is 5.32 Å². The molecule has 5 rings (SSSR count). The maximum atomic E-state index is 13.6. The monoisotopic (exact) mass is 462 g/mol. The van der Waals surface area contributed by atoms with Gasteiger partial charge in [0.15, 0.2) is 5.82 Å². The van der Waals surface area contributed by atoms with E-state index in [1.165, 1.54) is 6.42 Å². The molecule has 1 unspecified atom stereocenters. The smallest absolute Gasteiger partial charge is 0.316 e. The molecule has 1 aromatic carbocycles. The lowest BCUT2D eigenvalue weighted by Crippen LogP contribution is -2.56. The standard InChI is InChI=1S/C27H34N4O3/c32-24(30-23-19-28-15-16-29-23)20-31-17-13-26(14-18-31)12-9-22(26)34-25(33)27(10-5-2-6-11-27)21-7-3-1-4-8-21/h1,3-4,7-8,15-16,19,22H,2,5-6,9-14,17-18,20H2,(H,29,30,32). The van der Waals surface area contributed by atoms with Crippen LogP contribution in [0.3, 0.4) is 0 Å². The number of nitrogens with zero attached hydrogens (tertiary/aromatic N) is 3. The second-order valence-corrected chi connectivity index (χ2v) is 10.2. The Bertz CT molecular complexity index is 983. The zero-order chi connectivity index (χ0) is 23.4. The van der Waals surface area contributed by atoms with Gasteiger partial charge in [0.05, 0.1) is 18.2 Å². The summed E-state index contributed by atoms with van der Waals surface area (Å²) >= 11 is 0. The average Bonchev–Trinajstić information content (AvgIpc) is 2.88. The first-order valence-electron chi connectivity index (χ1n) is 12.6. The van der Waals surface area contributed by atoms with Crippen molar-refractivity contribution in [3.63, 3.8) is 0 Å². The average molecular weight is 463 g/mol. The topological polar surface area (TPSA) is 84.4 Å². The van der Waals surface area contributed by atoms with Crippen LogP contribution in [0.5, 0.6) is 0 Å². The van der Waals surface area contributed by atoms with Crippen molar-refractivity contribution in [2.45, 2.75) is 69.3 Å². The highest BCUT2D eigenvalue weighted by Gasteiger charge is 2.53. The molecule has 2 aromatic rings. The van der Waals surface area contributed by atoms with Crippen LogP contribution in [0.2, 0.25) is 0 Å². The number of amides is 1. The van der Waals surface area contributed by atoms with Crippen molar-refractivity contribution in [3.8, 4) is 0 Å². The van der Waals surface area contributed by atoms with E-state index in [4.69, 9.17) is 4.74 Å². The summed E-state index contributed by atoms with van der Waals surface area (Å²) in [6.45, 7) is 2.02. The van der Waals surface area contributed by atoms with Gasteiger partial charge in [0.25, 0.3) is 0 Å². The van der Waals surface area contributed by atoms with Crippen LogP contribution in [0.25, 0.3) is 0 Å². The second kappa shape index (κ2) is 9.82. The van der Waals surface area contributed by atoms with Gasteiger partial charge in [-0.2, -0.15) is 0 Å². The lowest BCUT2D eigenvalue weighted by atomic mass is 9.60. The summed E-state index contributed by atoms with van der Waals surface area (Å²) in [7, 11) is 0. The fraction of sp³-hybridized carbons (Fsp3) is 0.556. The van der Waals surface area contributed by atoms with Crippen molar-refractivity contribution in [1.82, 2.24) is 14.9 Å². The third-order valence-electron chi connectivity index (χ3n) is 8.31. The van der Waals surface area contributed by atoms with E-state index < -0.39 is 5.41 Å². The fourth-order valence-corrected chi connectivity index (χ4v) is 6.10. The molecule has 180 valence electrons. The Morgan fingerprint density at radius 1 is 1.00 bits per heavy atom. The van der Waals surface area contributed by atoms with E-state index in [1.807, 2.05) is 18.2 Å². The molecule has 7 nitrogen and oxygen atoms in total. The van der Waals surface area contributed by atoms with E-state index >= 15 is 0 Å². The Balaban J connectivity index is 1.18. The van der Waals surface area contributed by atoms with Gasteiger partial charge in [-0.15, -0.1) is 0 Å². The highest BCUT2D eigenvalue weighted by molar-refractivity contribution is 5.91. The van der Waals surface area contributed by atoms with Gasteiger partial charge in [-0.3, -0.25) is 19.5 Å². The van der Waals surface area contributed by atoms with Crippen molar-refractivity contribution in [2.24, 2.45) is 5.41 Å². The largest absolute Gasteiger partial charge is 0.461 e. The molecule has 7 heteroatoms. The van der Waals surface area contributed by atoms with E-state index in [0.29, 0.717) is 12.4 Å². The van der Waals surface area contributed by atoms with Crippen LogP contribution in [0, 0.1) is 5.41 Å².